The Balaban J connectivity index is 1.26. The minimum absolute atomic E-state index is 0.0862. The summed E-state index contributed by atoms with van der Waals surface area (Å²) in [6.45, 7) is 4.90. The lowest BCUT2D eigenvalue weighted by Gasteiger charge is -2.32. The molecule has 3 heterocycles. The molecule has 3 atom stereocenters. The fraction of sp³-hybridized carbons (Fsp3) is 0.583. The smallest absolute Gasteiger partial charge is 0.253 e. The average Bonchev–Trinajstić information content (AvgIpc) is 3.47. The Morgan fingerprint density at radius 2 is 2.03 bits per heavy atom. The topological polar surface area (TPSA) is 58.4 Å². The van der Waals surface area contributed by atoms with Crippen LogP contribution < -0.4 is 5.32 Å². The maximum absolute atomic E-state index is 13.2. The Bertz CT molecular complexity index is 855. The molecule has 1 saturated heterocycles. The zero-order chi connectivity index (χ0) is 19.8. The molecule has 1 amide bonds. The molecule has 29 heavy (non-hydrogen) atoms. The van der Waals surface area contributed by atoms with Crippen LogP contribution in [-0.2, 0) is 6.54 Å². The summed E-state index contributed by atoms with van der Waals surface area (Å²) in [6, 6.07) is 8.32. The molecule has 5 rings (SSSR count). The molecule has 1 N–H and O–H groups in total. The molecule has 2 bridgehead atoms. The largest absolute Gasteiger partial charge is 0.468 e. The van der Waals surface area contributed by atoms with Gasteiger partial charge < -0.3 is 9.73 Å². The zero-order valence-corrected chi connectivity index (χ0v) is 17.3. The number of aromatic nitrogens is 1. The first-order chi connectivity index (χ1) is 14.2. The van der Waals surface area contributed by atoms with Crippen LogP contribution in [0.25, 0.3) is 0 Å². The van der Waals surface area contributed by atoms with E-state index in [9.17, 15) is 4.79 Å². The van der Waals surface area contributed by atoms with Crippen molar-refractivity contribution in [1.82, 2.24) is 15.2 Å². The van der Waals surface area contributed by atoms with Crippen LogP contribution in [0.15, 0.2) is 34.9 Å². The summed E-state index contributed by atoms with van der Waals surface area (Å²) in [4.78, 5) is 20.4. The number of piperidine rings is 1. The number of amides is 1. The van der Waals surface area contributed by atoms with Crippen molar-refractivity contribution in [2.45, 2.75) is 64.0 Å². The Morgan fingerprint density at radius 1 is 1.17 bits per heavy atom. The highest BCUT2D eigenvalue weighted by atomic mass is 16.3. The van der Waals surface area contributed by atoms with E-state index < -0.39 is 0 Å². The average molecular weight is 394 g/mol. The van der Waals surface area contributed by atoms with Crippen molar-refractivity contribution in [3.63, 3.8) is 0 Å². The van der Waals surface area contributed by atoms with Crippen LogP contribution >= 0.6 is 0 Å². The highest BCUT2D eigenvalue weighted by Crippen LogP contribution is 2.44. The van der Waals surface area contributed by atoms with Crippen molar-refractivity contribution in [3.8, 4) is 0 Å². The van der Waals surface area contributed by atoms with Crippen molar-refractivity contribution >= 4 is 5.91 Å². The number of nitrogens with zero attached hydrogens (tertiary/aromatic N) is 2. The highest BCUT2D eigenvalue weighted by molar-refractivity contribution is 5.95. The molecule has 0 aromatic carbocycles. The molecule has 1 aliphatic heterocycles. The van der Waals surface area contributed by atoms with E-state index in [0.29, 0.717) is 17.9 Å². The van der Waals surface area contributed by atoms with Crippen LogP contribution in [0.2, 0.25) is 0 Å². The first-order valence-electron chi connectivity index (χ1n) is 11.2. The molecular formula is C24H31N3O2. The number of carbonyl (C=O) groups is 1. The number of pyridine rings is 1. The monoisotopic (exact) mass is 393 g/mol. The first kappa shape index (κ1) is 18.9. The van der Waals surface area contributed by atoms with Gasteiger partial charge in [-0.2, -0.15) is 0 Å². The van der Waals surface area contributed by atoms with Crippen LogP contribution in [0.3, 0.4) is 0 Å². The Kier molecular flexibility index (Phi) is 5.17. The Labute approximate surface area is 172 Å². The van der Waals surface area contributed by atoms with Crippen molar-refractivity contribution in [2.24, 2.45) is 11.8 Å². The summed E-state index contributed by atoms with van der Waals surface area (Å²) < 4.78 is 5.49. The lowest BCUT2D eigenvalue weighted by molar-refractivity contribution is 0.0920. The van der Waals surface area contributed by atoms with Crippen molar-refractivity contribution < 1.29 is 9.21 Å². The Hall–Kier alpha value is -2.14. The van der Waals surface area contributed by atoms with E-state index in [1.54, 1.807) is 6.26 Å². The normalized spacial score (nSPS) is 27.4. The summed E-state index contributed by atoms with van der Waals surface area (Å²) in [5.41, 5.74) is 2.79. The van der Waals surface area contributed by atoms with E-state index in [1.807, 2.05) is 31.2 Å². The van der Waals surface area contributed by atoms with Gasteiger partial charge in [-0.05, 0) is 88.2 Å². The number of nitrogens with one attached hydrogen (secondary N) is 1. The van der Waals surface area contributed by atoms with E-state index >= 15 is 0 Å². The second-order valence-electron chi connectivity index (χ2n) is 9.27. The van der Waals surface area contributed by atoms with Crippen LogP contribution in [0.1, 0.15) is 71.9 Å². The van der Waals surface area contributed by atoms with Gasteiger partial charge in [0.15, 0.2) is 0 Å². The molecule has 2 saturated carbocycles. The molecule has 2 aromatic heterocycles. The lowest BCUT2D eigenvalue weighted by atomic mass is 9.89. The second kappa shape index (κ2) is 7.94. The number of hydrogen-bond acceptors (Lipinski definition) is 4. The van der Waals surface area contributed by atoms with Gasteiger partial charge in [-0.15, -0.1) is 0 Å². The Morgan fingerprint density at radius 3 is 2.72 bits per heavy atom. The van der Waals surface area contributed by atoms with Gasteiger partial charge in [-0.3, -0.25) is 14.7 Å². The third kappa shape index (κ3) is 3.97. The number of hydrogen-bond donors (Lipinski definition) is 1. The lowest BCUT2D eigenvalue weighted by Crippen LogP contribution is -2.39. The predicted molar refractivity (Wildman–Crippen MR) is 112 cm³/mol. The summed E-state index contributed by atoms with van der Waals surface area (Å²) >= 11 is 0. The quantitative estimate of drug-likeness (QED) is 0.824. The summed E-state index contributed by atoms with van der Waals surface area (Å²) in [5, 5.41) is 3.36. The molecule has 5 nitrogen and oxygen atoms in total. The molecule has 5 heteroatoms. The van der Waals surface area contributed by atoms with Crippen LogP contribution in [0.4, 0.5) is 0 Å². The van der Waals surface area contributed by atoms with Crippen molar-refractivity contribution in [3.05, 3.63) is 53.2 Å². The molecule has 0 radical (unpaired) electrons. The highest BCUT2D eigenvalue weighted by Gasteiger charge is 2.40. The van der Waals surface area contributed by atoms with E-state index in [4.69, 9.17) is 9.40 Å². The molecule has 154 valence electrons. The van der Waals surface area contributed by atoms with E-state index in [1.165, 1.54) is 19.3 Å². The van der Waals surface area contributed by atoms with Gasteiger partial charge in [0.2, 0.25) is 0 Å². The summed E-state index contributed by atoms with van der Waals surface area (Å²) in [5.74, 6) is 2.98. The van der Waals surface area contributed by atoms with Crippen LogP contribution in [-0.4, -0.2) is 34.9 Å². The fourth-order valence-corrected chi connectivity index (χ4v) is 5.74. The molecular weight excluding hydrogens is 362 g/mol. The fourth-order valence-electron chi connectivity index (χ4n) is 5.74. The SMILES string of the molecule is Cc1ccc(C(=O)NC2CC3CCC2C3)c(C2CCN(Cc3ccco3)CC2)n1. The summed E-state index contributed by atoms with van der Waals surface area (Å²) in [6.07, 6.45) is 8.90. The number of carbonyl (C=O) groups excluding carboxylic acids is 1. The number of likely N-dealkylation sites (tertiary alicyclic amines) is 1. The third-order valence-corrected chi connectivity index (χ3v) is 7.30. The number of furan rings is 1. The molecule has 3 fully saturated rings. The van der Waals surface area contributed by atoms with Gasteiger partial charge in [-0.25, -0.2) is 0 Å². The van der Waals surface area contributed by atoms with E-state index in [2.05, 4.69) is 10.2 Å². The van der Waals surface area contributed by atoms with Gasteiger partial charge in [-0.1, -0.05) is 6.42 Å². The van der Waals surface area contributed by atoms with Gasteiger partial charge in [0.1, 0.15) is 5.76 Å². The number of fused-ring (bicyclic) bond motifs is 2. The third-order valence-electron chi connectivity index (χ3n) is 7.30. The standard InChI is InChI=1S/C24H31N3O2/c1-16-4-7-21(24(28)26-22-14-17-5-6-19(22)13-17)23(25-16)18-8-10-27(11-9-18)15-20-3-2-12-29-20/h2-4,7,12,17-19,22H,5-6,8-11,13-15H2,1H3,(H,26,28). The van der Waals surface area contributed by atoms with Gasteiger partial charge in [0.25, 0.3) is 5.91 Å². The maximum atomic E-state index is 13.2. The number of rotatable bonds is 5. The van der Waals surface area contributed by atoms with E-state index in [0.717, 1.165) is 67.5 Å². The van der Waals surface area contributed by atoms with Crippen LogP contribution in [0, 0.1) is 18.8 Å². The minimum atomic E-state index is 0.0862. The molecule has 2 aliphatic carbocycles. The summed E-state index contributed by atoms with van der Waals surface area (Å²) in [7, 11) is 0. The predicted octanol–water partition coefficient (Wildman–Crippen LogP) is 4.28. The first-order valence-corrected chi connectivity index (χ1v) is 11.2. The van der Waals surface area contributed by atoms with Crippen molar-refractivity contribution in [1.29, 1.82) is 0 Å². The maximum Gasteiger partial charge on any atom is 0.253 e. The van der Waals surface area contributed by atoms with Gasteiger partial charge in [0.05, 0.1) is 24.1 Å². The number of aryl methyl sites for hydroxylation is 1. The molecule has 3 unspecified atom stereocenters. The second-order valence-corrected chi connectivity index (χ2v) is 9.27. The van der Waals surface area contributed by atoms with Crippen molar-refractivity contribution in [2.75, 3.05) is 13.1 Å². The van der Waals surface area contributed by atoms with Gasteiger partial charge >= 0.3 is 0 Å². The van der Waals surface area contributed by atoms with E-state index in [-0.39, 0.29) is 5.91 Å². The van der Waals surface area contributed by atoms with Gasteiger partial charge in [0, 0.05) is 17.7 Å². The zero-order valence-electron chi connectivity index (χ0n) is 17.3. The minimum Gasteiger partial charge on any atom is -0.468 e. The molecule has 2 aromatic rings. The molecule has 0 spiro atoms. The molecule has 3 aliphatic rings. The van der Waals surface area contributed by atoms with Crippen LogP contribution in [0.5, 0.6) is 0 Å².